The van der Waals surface area contributed by atoms with E-state index in [0.717, 1.165) is 38.5 Å². The third-order valence-electron chi connectivity index (χ3n) is 10.4. The Bertz CT molecular complexity index is 726. The number of methoxy groups -OCH3 is 2. The Morgan fingerprint density at radius 2 is 1.86 bits per heavy atom. The molecule has 0 spiro atoms. The number of ketones is 1. The zero-order chi connectivity index (χ0) is 20.6. The maximum atomic E-state index is 12.1. The predicted molar refractivity (Wildman–Crippen MR) is 111 cm³/mol. The van der Waals surface area contributed by atoms with Crippen LogP contribution in [-0.2, 0) is 14.3 Å². The van der Waals surface area contributed by atoms with Crippen molar-refractivity contribution in [2.75, 3.05) is 14.2 Å². The van der Waals surface area contributed by atoms with Gasteiger partial charge in [-0.25, -0.2) is 0 Å². The largest absolute Gasteiger partial charge is 0.389 e. The smallest absolute Gasteiger partial charge is 0.156 e. The standard InChI is InChI=1S/C25H38O4/c1-23-10-7-16(26)13-15(23)5-6-17-19(23)8-11-24(2)22(17)18-14-20(18)25(24,27)12-9-21(28-3)29-4/h13,17-22,27H,5-12,14H2,1-4H3/t17-,18-,19+,20+,22+,23+,24+,25+/m1/s1. The SMILES string of the molecule is COC(CC[C@]1(O)[C@H]2C[C@H]2[C@@H]2[C@@H]3CCC4=CC(=O)CC[C@]4(C)[C@H]3CC[C@@]21C)OC. The third kappa shape index (κ3) is 2.64. The highest BCUT2D eigenvalue weighted by molar-refractivity contribution is 5.91. The normalized spacial score (nSPS) is 50.5. The fourth-order valence-electron chi connectivity index (χ4n) is 8.83. The van der Waals surface area contributed by atoms with Crippen molar-refractivity contribution in [1.82, 2.24) is 0 Å². The molecule has 1 N–H and O–H groups in total. The molecule has 29 heavy (non-hydrogen) atoms. The highest BCUT2D eigenvalue weighted by Crippen LogP contribution is 2.77. The number of aliphatic hydroxyl groups is 1. The molecule has 4 saturated carbocycles. The minimum atomic E-state index is -0.581. The van der Waals surface area contributed by atoms with Crippen LogP contribution >= 0.6 is 0 Å². The maximum Gasteiger partial charge on any atom is 0.156 e. The summed E-state index contributed by atoms with van der Waals surface area (Å²) in [6.07, 6.45) is 10.9. The van der Waals surface area contributed by atoms with Gasteiger partial charge in [-0.15, -0.1) is 0 Å². The van der Waals surface area contributed by atoms with Gasteiger partial charge in [-0.05, 0) is 91.4 Å². The molecule has 5 aliphatic rings. The quantitative estimate of drug-likeness (QED) is 0.688. The third-order valence-corrected chi connectivity index (χ3v) is 10.4. The molecule has 4 nitrogen and oxygen atoms in total. The summed E-state index contributed by atoms with van der Waals surface area (Å²) in [5.41, 5.74) is 1.07. The Morgan fingerprint density at radius 3 is 2.59 bits per heavy atom. The van der Waals surface area contributed by atoms with E-state index < -0.39 is 5.60 Å². The summed E-state index contributed by atoms with van der Waals surface area (Å²) < 4.78 is 10.8. The van der Waals surface area contributed by atoms with Crippen LogP contribution in [0.3, 0.4) is 0 Å². The van der Waals surface area contributed by atoms with Gasteiger partial charge in [-0.1, -0.05) is 19.4 Å². The van der Waals surface area contributed by atoms with Crippen LogP contribution in [0.5, 0.6) is 0 Å². The molecule has 0 unspecified atom stereocenters. The first-order valence-corrected chi connectivity index (χ1v) is 11.8. The van der Waals surface area contributed by atoms with Crippen molar-refractivity contribution in [3.8, 4) is 0 Å². The van der Waals surface area contributed by atoms with E-state index in [9.17, 15) is 9.90 Å². The van der Waals surface area contributed by atoms with Crippen molar-refractivity contribution in [1.29, 1.82) is 0 Å². The van der Waals surface area contributed by atoms with Crippen molar-refractivity contribution < 1.29 is 19.4 Å². The van der Waals surface area contributed by atoms with Crippen LogP contribution in [0, 0.1) is 40.4 Å². The van der Waals surface area contributed by atoms with Gasteiger partial charge in [-0.3, -0.25) is 4.79 Å². The molecular weight excluding hydrogens is 364 g/mol. The first-order chi connectivity index (χ1) is 13.8. The second-order valence-electron chi connectivity index (χ2n) is 11.2. The van der Waals surface area contributed by atoms with Gasteiger partial charge in [0.2, 0.25) is 0 Å². The Balaban J connectivity index is 1.42. The number of ether oxygens (including phenoxy) is 2. The van der Waals surface area contributed by atoms with Crippen LogP contribution in [0.2, 0.25) is 0 Å². The van der Waals surface area contributed by atoms with Crippen LogP contribution in [0.15, 0.2) is 11.6 Å². The van der Waals surface area contributed by atoms with E-state index in [1.54, 1.807) is 14.2 Å². The molecule has 0 radical (unpaired) electrons. The Kier molecular flexibility index (Phi) is 4.63. The molecule has 4 fully saturated rings. The molecule has 162 valence electrons. The van der Waals surface area contributed by atoms with Crippen molar-refractivity contribution in [3.05, 3.63) is 11.6 Å². The molecular formula is C25H38O4. The molecule has 0 aromatic rings. The van der Waals surface area contributed by atoms with Gasteiger partial charge in [0.15, 0.2) is 12.1 Å². The van der Waals surface area contributed by atoms with Crippen LogP contribution in [0.4, 0.5) is 0 Å². The number of rotatable bonds is 5. The van der Waals surface area contributed by atoms with Crippen molar-refractivity contribution in [3.63, 3.8) is 0 Å². The van der Waals surface area contributed by atoms with E-state index in [2.05, 4.69) is 13.8 Å². The van der Waals surface area contributed by atoms with Gasteiger partial charge < -0.3 is 14.6 Å². The second kappa shape index (κ2) is 6.64. The fourth-order valence-corrected chi connectivity index (χ4v) is 8.83. The Morgan fingerprint density at radius 1 is 1.10 bits per heavy atom. The number of hydrogen-bond donors (Lipinski definition) is 1. The lowest BCUT2D eigenvalue weighted by atomic mass is 9.45. The summed E-state index contributed by atoms with van der Waals surface area (Å²) in [5, 5.41) is 12.1. The fraction of sp³-hybridized carbons (Fsp3) is 0.880. The monoisotopic (exact) mass is 402 g/mol. The number of allylic oxidation sites excluding steroid dienone is 1. The zero-order valence-electron chi connectivity index (χ0n) is 18.6. The minimum Gasteiger partial charge on any atom is -0.389 e. The molecule has 0 aromatic heterocycles. The summed E-state index contributed by atoms with van der Waals surface area (Å²) in [7, 11) is 3.37. The van der Waals surface area contributed by atoms with Crippen molar-refractivity contribution >= 4 is 5.78 Å². The van der Waals surface area contributed by atoms with Crippen molar-refractivity contribution in [2.45, 2.75) is 83.5 Å². The summed E-state index contributed by atoms with van der Waals surface area (Å²) in [4.78, 5) is 12.0. The predicted octanol–water partition coefficient (Wildman–Crippen LogP) is 4.50. The molecule has 0 bridgehead atoms. The molecule has 4 heteroatoms. The van der Waals surface area contributed by atoms with Crippen LogP contribution < -0.4 is 0 Å². The van der Waals surface area contributed by atoms with E-state index in [0.29, 0.717) is 35.4 Å². The highest BCUT2D eigenvalue weighted by Gasteiger charge is 2.75. The average Bonchev–Trinajstić information content (AvgIpc) is 3.46. The zero-order valence-corrected chi connectivity index (χ0v) is 18.6. The van der Waals surface area contributed by atoms with E-state index in [1.165, 1.54) is 24.8 Å². The lowest BCUT2D eigenvalue weighted by molar-refractivity contribution is -0.167. The first kappa shape index (κ1) is 20.2. The summed E-state index contributed by atoms with van der Waals surface area (Å²) in [6, 6.07) is 0. The summed E-state index contributed by atoms with van der Waals surface area (Å²) in [5.74, 6) is 3.51. The molecule has 5 aliphatic carbocycles. The summed E-state index contributed by atoms with van der Waals surface area (Å²) in [6.45, 7) is 4.84. The van der Waals surface area contributed by atoms with E-state index >= 15 is 0 Å². The van der Waals surface area contributed by atoms with Crippen molar-refractivity contribution in [2.24, 2.45) is 40.4 Å². The first-order valence-electron chi connectivity index (χ1n) is 11.8. The maximum absolute atomic E-state index is 12.1. The summed E-state index contributed by atoms with van der Waals surface area (Å²) >= 11 is 0. The molecule has 0 amide bonds. The number of fused-ring (bicyclic) bond motifs is 7. The van der Waals surface area contributed by atoms with Gasteiger partial charge in [0.05, 0.1) is 5.60 Å². The molecule has 5 rings (SSSR count). The number of carbonyl (C=O) groups excluding carboxylic acids is 1. The van der Waals surface area contributed by atoms with E-state index in [1.807, 2.05) is 6.08 Å². The highest BCUT2D eigenvalue weighted by atomic mass is 16.7. The number of hydrogen-bond acceptors (Lipinski definition) is 4. The van der Waals surface area contributed by atoms with E-state index in [4.69, 9.17) is 9.47 Å². The van der Waals surface area contributed by atoms with Gasteiger partial charge in [0.25, 0.3) is 0 Å². The van der Waals surface area contributed by atoms with Gasteiger partial charge in [0.1, 0.15) is 0 Å². The molecule has 0 saturated heterocycles. The second-order valence-corrected chi connectivity index (χ2v) is 11.2. The molecule has 0 aliphatic heterocycles. The van der Waals surface area contributed by atoms with Gasteiger partial charge in [-0.2, -0.15) is 0 Å². The lowest BCUT2D eigenvalue weighted by Gasteiger charge is -2.60. The van der Waals surface area contributed by atoms with Gasteiger partial charge in [0, 0.05) is 27.1 Å². The van der Waals surface area contributed by atoms with Crippen LogP contribution in [0.25, 0.3) is 0 Å². The van der Waals surface area contributed by atoms with Crippen LogP contribution in [-0.4, -0.2) is 37.0 Å². The van der Waals surface area contributed by atoms with Gasteiger partial charge >= 0.3 is 0 Å². The van der Waals surface area contributed by atoms with E-state index in [-0.39, 0.29) is 17.1 Å². The minimum absolute atomic E-state index is 0.00977. The Labute approximate surface area is 175 Å². The van der Waals surface area contributed by atoms with Crippen LogP contribution in [0.1, 0.15) is 71.6 Å². The Hall–Kier alpha value is -0.710. The number of carbonyl (C=O) groups is 1. The molecule has 8 atom stereocenters. The molecule has 0 heterocycles. The topological polar surface area (TPSA) is 55.8 Å². The molecule has 0 aromatic carbocycles. The average molecular weight is 403 g/mol. The lowest BCUT2D eigenvalue weighted by Crippen LogP contribution is -2.57.